The molecule has 2 heteroatoms. The monoisotopic (exact) mass is 209 g/mol. The summed E-state index contributed by atoms with van der Waals surface area (Å²) in [6.45, 7) is 0.836. The first-order valence-electron chi connectivity index (χ1n) is 6.31. The van der Waals surface area contributed by atoms with Gasteiger partial charge >= 0.3 is 0 Å². The molecule has 1 aliphatic heterocycles. The molecular weight excluding hydrogens is 186 g/mol. The second kappa shape index (κ2) is 8.51. The molecule has 1 aliphatic rings. The quantitative estimate of drug-likeness (QED) is 0.610. The van der Waals surface area contributed by atoms with Gasteiger partial charge in [-0.15, -0.1) is 0 Å². The second-order valence-corrected chi connectivity index (χ2v) is 4.27. The molecule has 0 spiro atoms. The van der Waals surface area contributed by atoms with Crippen LogP contribution < -0.4 is 5.32 Å². The van der Waals surface area contributed by atoms with Crippen LogP contribution in [0.4, 0.5) is 0 Å². The van der Waals surface area contributed by atoms with E-state index in [1.54, 1.807) is 0 Å². The number of hydrogen-bond acceptors (Lipinski definition) is 1. The number of nitrogens with one attached hydrogen (secondary N) is 1. The molecule has 0 aromatic rings. The van der Waals surface area contributed by atoms with Crippen molar-refractivity contribution in [2.45, 2.75) is 57.8 Å². The van der Waals surface area contributed by atoms with E-state index in [1.807, 2.05) is 0 Å². The fraction of sp³-hybridized carbons (Fsp3) is 0.769. The van der Waals surface area contributed by atoms with E-state index >= 15 is 0 Å². The maximum absolute atomic E-state index is 11.3. The topological polar surface area (TPSA) is 29.1 Å². The van der Waals surface area contributed by atoms with Crippen molar-refractivity contribution in [3.8, 4) is 0 Å². The number of carbonyl (C=O) groups is 1. The molecule has 0 saturated heterocycles. The number of hydrogen-bond donors (Lipinski definition) is 1. The molecule has 1 N–H and O–H groups in total. The summed E-state index contributed by atoms with van der Waals surface area (Å²) in [5.74, 6) is 0.232. The molecule has 0 aromatic carbocycles. The highest BCUT2D eigenvalue weighted by molar-refractivity contribution is 5.75. The minimum atomic E-state index is 0.232. The van der Waals surface area contributed by atoms with Gasteiger partial charge < -0.3 is 5.32 Å². The van der Waals surface area contributed by atoms with Crippen molar-refractivity contribution < 1.29 is 4.79 Å². The van der Waals surface area contributed by atoms with Crippen LogP contribution in [0.2, 0.25) is 0 Å². The van der Waals surface area contributed by atoms with Gasteiger partial charge in [0.05, 0.1) is 0 Å². The highest BCUT2D eigenvalue weighted by Crippen LogP contribution is 2.08. The molecule has 2 nitrogen and oxygen atoms in total. The Morgan fingerprint density at radius 2 is 1.53 bits per heavy atom. The molecule has 0 fully saturated rings. The van der Waals surface area contributed by atoms with Gasteiger partial charge in [-0.3, -0.25) is 4.79 Å². The molecule has 86 valence electrons. The van der Waals surface area contributed by atoms with Gasteiger partial charge in [-0.25, -0.2) is 0 Å². The predicted octanol–water partition coefficient (Wildman–Crippen LogP) is 3.18. The van der Waals surface area contributed by atoms with Crippen molar-refractivity contribution in [3.63, 3.8) is 0 Å². The van der Waals surface area contributed by atoms with Gasteiger partial charge in [-0.05, 0) is 32.1 Å². The summed E-state index contributed by atoms with van der Waals surface area (Å²) < 4.78 is 0. The van der Waals surface area contributed by atoms with Gasteiger partial charge in [-0.1, -0.05) is 31.4 Å². The van der Waals surface area contributed by atoms with Crippen molar-refractivity contribution in [2.75, 3.05) is 6.54 Å². The Morgan fingerprint density at radius 1 is 0.867 bits per heavy atom. The van der Waals surface area contributed by atoms with Crippen LogP contribution in [0.1, 0.15) is 57.8 Å². The van der Waals surface area contributed by atoms with Crippen molar-refractivity contribution in [1.29, 1.82) is 0 Å². The zero-order valence-corrected chi connectivity index (χ0v) is 9.63. The molecule has 0 aliphatic carbocycles. The zero-order valence-electron chi connectivity index (χ0n) is 9.63. The van der Waals surface area contributed by atoms with E-state index in [1.165, 1.54) is 32.1 Å². The van der Waals surface area contributed by atoms with Crippen molar-refractivity contribution in [3.05, 3.63) is 12.2 Å². The lowest BCUT2D eigenvalue weighted by molar-refractivity contribution is -0.121. The molecular formula is C13H23NO. The van der Waals surface area contributed by atoms with Crippen LogP contribution in [0.5, 0.6) is 0 Å². The highest BCUT2D eigenvalue weighted by atomic mass is 16.1. The summed E-state index contributed by atoms with van der Waals surface area (Å²) in [7, 11) is 0. The summed E-state index contributed by atoms with van der Waals surface area (Å²) >= 11 is 0. The standard InChI is InChI=1S/C13H23NO/c15-13-11-9-7-5-3-1-2-4-6-8-10-12-14-13/h4,6H,1-3,5,7-12H2,(H,14,15). The molecule has 1 amide bonds. The Bertz CT molecular complexity index is 199. The van der Waals surface area contributed by atoms with Crippen LogP contribution >= 0.6 is 0 Å². The van der Waals surface area contributed by atoms with E-state index < -0.39 is 0 Å². The van der Waals surface area contributed by atoms with E-state index in [2.05, 4.69) is 17.5 Å². The average molecular weight is 209 g/mol. The van der Waals surface area contributed by atoms with Gasteiger partial charge in [0.25, 0.3) is 0 Å². The van der Waals surface area contributed by atoms with Crippen LogP contribution in [0.25, 0.3) is 0 Å². The summed E-state index contributed by atoms with van der Waals surface area (Å²) in [4.78, 5) is 11.3. The lowest BCUT2D eigenvalue weighted by Crippen LogP contribution is -2.23. The maximum Gasteiger partial charge on any atom is 0.219 e. The third-order valence-corrected chi connectivity index (χ3v) is 2.81. The molecule has 0 unspecified atom stereocenters. The van der Waals surface area contributed by atoms with E-state index in [0.29, 0.717) is 0 Å². The van der Waals surface area contributed by atoms with E-state index in [-0.39, 0.29) is 5.91 Å². The Labute approximate surface area is 93.1 Å². The van der Waals surface area contributed by atoms with Gasteiger partial charge in [0.2, 0.25) is 5.91 Å². The molecule has 0 bridgehead atoms. The van der Waals surface area contributed by atoms with Crippen LogP contribution in [-0.2, 0) is 4.79 Å². The van der Waals surface area contributed by atoms with E-state index in [4.69, 9.17) is 0 Å². The molecule has 0 aromatic heterocycles. The molecule has 1 rings (SSSR count). The minimum Gasteiger partial charge on any atom is -0.356 e. The summed E-state index contributed by atoms with van der Waals surface area (Å²) in [5, 5.41) is 2.96. The number of amides is 1. The Morgan fingerprint density at radius 3 is 2.40 bits per heavy atom. The SMILES string of the molecule is O=C1CCCCCCCC=CCCCN1. The van der Waals surface area contributed by atoms with E-state index in [0.717, 1.165) is 32.2 Å². The van der Waals surface area contributed by atoms with Gasteiger partial charge in [-0.2, -0.15) is 0 Å². The van der Waals surface area contributed by atoms with Crippen LogP contribution in [0.15, 0.2) is 12.2 Å². The first-order valence-corrected chi connectivity index (χ1v) is 6.31. The van der Waals surface area contributed by atoms with Gasteiger partial charge in [0.1, 0.15) is 0 Å². The highest BCUT2D eigenvalue weighted by Gasteiger charge is 2.00. The first kappa shape index (κ1) is 12.3. The summed E-state index contributed by atoms with van der Waals surface area (Å²) in [6, 6.07) is 0. The molecule has 0 saturated carbocycles. The fourth-order valence-corrected chi connectivity index (χ4v) is 1.85. The molecule has 15 heavy (non-hydrogen) atoms. The number of allylic oxidation sites excluding steroid dienone is 2. The average Bonchev–Trinajstić information content (AvgIpc) is 2.24. The van der Waals surface area contributed by atoms with E-state index in [9.17, 15) is 4.79 Å². The zero-order chi connectivity index (χ0) is 10.8. The summed E-state index contributed by atoms with van der Waals surface area (Å²) in [6.07, 6.45) is 14.8. The molecule has 0 atom stereocenters. The van der Waals surface area contributed by atoms with Gasteiger partial charge in [0.15, 0.2) is 0 Å². The largest absolute Gasteiger partial charge is 0.356 e. The Kier molecular flexibility index (Phi) is 6.97. The lowest BCUT2D eigenvalue weighted by Gasteiger charge is -2.05. The number of carbonyl (C=O) groups excluding carboxylic acids is 1. The predicted molar refractivity (Wildman–Crippen MR) is 63.7 cm³/mol. The van der Waals surface area contributed by atoms with Crippen LogP contribution in [0.3, 0.4) is 0 Å². The smallest absolute Gasteiger partial charge is 0.219 e. The van der Waals surface area contributed by atoms with Crippen LogP contribution in [-0.4, -0.2) is 12.5 Å². The maximum atomic E-state index is 11.3. The number of rotatable bonds is 0. The Balaban J connectivity index is 2.21. The third kappa shape index (κ3) is 7.18. The minimum absolute atomic E-state index is 0.232. The van der Waals surface area contributed by atoms with Crippen molar-refractivity contribution in [2.24, 2.45) is 0 Å². The fourth-order valence-electron chi connectivity index (χ4n) is 1.85. The third-order valence-electron chi connectivity index (χ3n) is 2.81. The van der Waals surface area contributed by atoms with Crippen molar-refractivity contribution in [1.82, 2.24) is 5.32 Å². The lowest BCUT2D eigenvalue weighted by atomic mass is 10.1. The molecule has 0 radical (unpaired) electrons. The summed E-state index contributed by atoms with van der Waals surface area (Å²) in [5.41, 5.74) is 0. The normalized spacial score (nSPS) is 21.7. The van der Waals surface area contributed by atoms with Gasteiger partial charge in [0, 0.05) is 13.0 Å². The molecule has 1 heterocycles. The Hall–Kier alpha value is -0.790. The first-order chi connectivity index (χ1) is 7.39. The van der Waals surface area contributed by atoms with Crippen molar-refractivity contribution >= 4 is 5.91 Å². The van der Waals surface area contributed by atoms with Crippen LogP contribution in [0, 0.1) is 0 Å². The second-order valence-electron chi connectivity index (χ2n) is 4.27.